The summed E-state index contributed by atoms with van der Waals surface area (Å²) < 4.78 is 1.83. The van der Waals surface area contributed by atoms with Gasteiger partial charge < -0.3 is 5.11 Å². The summed E-state index contributed by atoms with van der Waals surface area (Å²) in [4.78, 5) is 11.3. The smallest absolute Gasteiger partial charge is 0.315 e. The summed E-state index contributed by atoms with van der Waals surface area (Å²) in [7, 11) is 0. The van der Waals surface area contributed by atoms with Gasteiger partial charge in [-0.2, -0.15) is 5.10 Å². The Kier molecular flexibility index (Phi) is 2.29. The van der Waals surface area contributed by atoms with Gasteiger partial charge in [-0.05, 0) is 32.8 Å². The molecule has 1 heterocycles. The first-order valence-electron chi connectivity index (χ1n) is 5.35. The van der Waals surface area contributed by atoms with Crippen LogP contribution >= 0.6 is 0 Å². The summed E-state index contributed by atoms with van der Waals surface area (Å²) in [6.07, 6.45) is 4.16. The third-order valence-corrected chi connectivity index (χ3v) is 3.27. The number of carboxylic acids is 1. The van der Waals surface area contributed by atoms with Crippen LogP contribution in [0.25, 0.3) is 0 Å². The lowest BCUT2D eigenvalue weighted by Crippen LogP contribution is -2.44. The second-order valence-corrected chi connectivity index (χ2v) is 4.50. The molecule has 1 saturated carbocycles. The first-order valence-corrected chi connectivity index (χ1v) is 5.35. The normalized spacial score (nSPS) is 18.9. The van der Waals surface area contributed by atoms with E-state index < -0.39 is 11.4 Å². The van der Waals surface area contributed by atoms with Crippen molar-refractivity contribution in [2.24, 2.45) is 0 Å². The minimum Gasteiger partial charge on any atom is -0.481 e. The van der Waals surface area contributed by atoms with E-state index in [1.165, 1.54) is 0 Å². The molecule has 82 valence electrons. The van der Waals surface area contributed by atoms with Gasteiger partial charge in [0.25, 0.3) is 0 Å². The Morgan fingerprint density at radius 1 is 1.60 bits per heavy atom. The molecule has 0 radical (unpaired) electrons. The van der Waals surface area contributed by atoms with Crippen molar-refractivity contribution in [3.05, 3.63) is 18.0 Å². The predicted molar refractivity (Wildman–Crippen MR) is 55.8 cm³/mol. The van der Waals surface area contributed by atoms with Crippen LogP contribution in [-0.4, -0.2) is 20.9 Å². The fraction of sp³-hybridized carbons (Fsp3) is 0.636. The molecule has 1 aliphatic rings. The Bertz CT molecular complexity index is 378. The first-order chi connectivity index (χ1) is 7.08. The molecule has 1 aromatic rings. The molecule has 2 rings (SSSR count). The first kappa shape index (κ1) is 10.2. The molecule has 0 unspecified atom stereocenters. The fourth-order valence-corrected chi connectivity index (χ4v) is 2.21. The van der Waals surface area contributed by atoms with E-state index in [-0.39, 0.29) is 6.04 Å². The molecule has 0 atom stereocenters. The van der Waals surface area contributed by atoms with E-state index in [9.17, 15) is 9.90 Å². The minimum absolute atomic E-state index is 0.215. The van der Waals surface area contributed by atoms with Crippen molar-refractivity contribution < 1.29 is 9.90 Å². The summed E-state index contributed by atoms with van der Waals surface area (Å²) >= 11 is 0. The van der Waals surface area contributed by atoms with Crippen LogP contribution in [-0.2, 0) is 10.2 Å². The zero-order chi connectivity index (χ0) is 11.1. The fourth-order valence-electron chi connectivity index (χ4n) is 2.21. The topological polar surface area (TPSA) is 55.1 Å². The van der Waals surface area contributed by atoms with Gasteiger partial charge in [-0.1, -0.05) is 6.42 Å². The summed E-state index contributed by atoms with van der Waals surface area (Å²) in [5, 5.41) is 13.5. The minimum atomic E-state index is -0.712. The van der Waals surface area contributed by atoms with Crippen LogP contribution < -0.4 is 0 Å². The molecule has 1 aromatic heterocycles. The molecule has 1 N–H and O–H groups in total. The highest BCUT2D eigenvalue weighted by Gasteiger charge is 2.48. The van der Waals surface area contributed by atoms with Gasteiger partial charge in [0.2, 0.25) is 0 Å². The van der Waals surface area contributed by atoms with Gasteiger partial charge >= 0.3 is 5.97 Å². The molecule has 4 nitrogen and oxygen atoms in total. The highest BCUT2D eigenvalue weighted by Crippen LogP contribution is 2.44. The lowest BCUT2D eigenvalue weighted by Gasteiger charge is -2.38. The molecule has 0 aliphatic heterocycles. The van der Waals surface area contributed by atoms with Gasteiger partial charge in [-0.3, -0.25) is 9.48 Å². The van der Waals surface area contributed by atoms with E-state index in [2.05, 4.69) is 5.10 Å². The molecule has 15 heavy (non-hydrogen) atoms. The van der Waals surface area contributed by atoms with Gasteiger partial charge in [-0.25, -0.2) is 0 Å². The molecular formula is C11H16N2O2. The summed E-state index contributed by atoms with van der Waals surface area (Å²) in [5.41, 5.74) is 0.192. The number of nitrogens with zero attached hydrogens (tertiary/aromatic N) is 2. The number of carbonyl (C=O) groups is 1. The van der Waals surface area contributed by atoms with Crippen LogP contribution in [0.15, 0.2) is 12.3 Å². The Labute approximate surface area is 88.9 Å². The predicted octanol–water partition coefficient (Wildman–Crippen LogP) is 1.97. The molecule has 0 bridgehead atoms. The monoisotopic (exact) mass is 208 g/mol. The lowest BCUT2D eigenvalue weighted by molar-refractivity contribution is -0.147. The maximum absolute atomic E-state index is 11.3. The number of aliphatic carboxylic acids is 1. The van der Waals surface area contributed by atoms with Gasteiger partial charge in [0.05, 0.1) is 5.69 Å². The molecule has 1 fully saturated rings. The van der Waals surface area contributed by atoms with E-state index in [0.717, 1.165) is 25.0 Å². The molecule has 4 heteroatoms. The Hall–Kier alpha value is -1.32. The Morgan fingerprint density at radius 3 is 2.67 bits per heavy atom. The zero-order valence-corrected chi connectivity index (χ0v) is 9.10. The highest BCUT2D eigenvalue weighted by atomic mass is 16.4. The van der Waals surface area contributed by atoms with Crippen LogP contribution in [0.4, 0.5) is 0 Å². The van der Waals surface area contributed by atoms with Crippen molar-refractivity contribution in [2.75, 3.05) is 0 Å². The Balaban J connectivity index is 2.43. The van der Waals surface area contributed by atoms with Gasteiger partial charge in [-0.15, -0.1) is 0 Å². The molecular weight excluding hydrogens is 192 g/mol. The molecule has 0 saturated heterocycles. The lowest BCUT2D eigenvalue weighted by atomic mass is 9.66. The second kappa shape index (κ2) is 3.36. The number of hydrogen-bond donors (Lipinski definition) is 1. The van der Waals surface area contributed by atoms with E-state index in [1.807, 2.05) is 24.6 Å². The van der Waals surface area contributed by atoms with Gasteiger partial charge in [0, 0.05) is 12.2 Å². The van der Waals surface area contributed by atoms with Crippen LogP contribution in [0.5, 0.6) is 0 Å². The number of carboxylic acid groups (broad SMARTS) is 1. The molecule has 0 amide bonds. The van der Waals surface area contributed by atoms with E-state index in [1.54, 1.807) is 6.20 Å². The van der Waals surface area contributed by atoms with E-state index in [4.69, 9.17) is 0 Å². The number of hydrogen-bond acceptors (Lipinski definition) is 2. The van der Waals surface area contributed by atoms with Crippen molar-refractivity contribution in [3.8, 4) is 0 Å². The number of rotatable bonds is 3. The average molecular weight is 208 g/mol. The third-order valence-electron chi connectivity index (χ3n) is 3.27. The quantitative estimate of drug-likeness (QED) is 0.826. The highest BCUT2D eigenvalue weighted by molar-refractivity contribution is 5.82. The van der Waals surface area contributed by atoms with Crippen molar-refractivity contribution in [2.45, 2.75) is 44.6 Å². The van der Waals surface area contributed by atoms with Crippen LogP contribution in [0.2, 0.25) is 0 Å². The van der Waals surface area contributed by atoms with Crippen molar-refractivity contribution in [3.63, 3.8) is 0 Å². The molecule has 1 aliphatic carbocycles. The maximum Gasteiger partial charge on any atom is 0.315 e. The van der Waals surface area contributed by atoms with Crippen molar-refractivity contribution in [1.82, 2.24) is 9.78 Å². The van der Waals surface area contributed by atoms with Crippen LogP contribution in [0.1, 0.15) is 44.8 Å². The molecule has 0 aromatic carbocycles. The van der Waals surface area contributed by atoms with E-state index >= 15 is 0 Å². The van der Waals surface area contributed by atoms with Crippen LogP contribution in [0, 0.1) is 0 Å². The third kappa shape index (κ3) is 1.35. The largest absolute Gasteiger partial charge is 0.481 e. The van der Waals surface area contributed by atoms with Crippen LogP contribution in [0.3, 0.4) is 0 Å². The standard InChI is InChI=1S/C11H16N2O2/c1-8(2)13-9(4-7-12-13)11(10(14)15)5-3-6-11/h4,7-8H,3,5-6H2,1-2H3,(H,14,15). The summed E-state index contributed by atoms with van der Waals surface area (Å²) in [6.45, 7) is 4.04. The Morgan fingerprint density at radius 2 is 2.27 bits per heavy atom. The van der Waals surface area contributed by atoms with Gasteiger partial charge in [0.15, 0.2) is 0 Å². The summed E-state index contributed by atoms with van der Waals surface area (Å²) in [5.74, 6) is -0.712. The van der Waals surface area contributed by atoms with E-state index in [0.29, 0.717) is 0 Å². The number of aromatic nitrogens is 2. The summed E-state index contributed by atoms with van der Waals surface area (Å²) in [6, 6.07) is 2.06. The zero-order valence-electron chi connectivity index (χ0n) is 9.10. The maximum atomic E-state index is 11.3. The van der Waals surface area contributed by atoms with Crippen molar-refractivity contribution in [1.29, 1.82) is 0 Å². The second-order valence-electron chi connectivity index (χ2n) is 4.50. The van der Waals surface area contributed by atoms with Crippen molar-refractivity contribution >= 4 is 5.97 Å². The molecule has 0 spiro atoms. The van der Waals surface area contributed by atoms with Gasteiger partial charge in [0.1, 0.15) is 5.41 Å². The average Bonchev–Trinajstić information content (AvgIpc) is 2.49. The SMILES string of the molecule is CC(C)n1nccc1C1(C(=O)O)CCC1.